The van der Waals surface area contributed by atoms with Gasteiger partial charge in [-0.15, -0.1) is 10.2 Å². The van der Waals surface area contributed by atoms with Crippen molar-refractivity contribution in [1.29, 1.82) is 0 Å². The molecule has 0 aliphatic heterocycles. The Bertz CT molecular complexity index is 1310. The number of carbonyl (C=O) groups is 2. The van der Waals surface area contributed by atoms with Crippen molar-refractivity contribution >= 4 is 57.3 Å². The zero-order valence-electron chi connectivity index (χ0n) is 17.3. The van der Waals surface area contributed by atoms with E-state index in [0.29, 0.717) is 22.7 Å². The van der Waals surface area contributed by atoms with E-state index in [1.54, 1.807) is 18.2 Å². The SMILES string of the molecule is Cc1nnc(SCc2c(C(=O)Nc3cccc(NC(=O)C4CC4)c3)oc3ccccc23)s1. The maximum Gasteiger partial charge on any atom is 0.291 e. The third kappa shape index (κ3) is 4.53. The van der Waals surface area contributed by atoms with Crippen LogP contribution in [0, 0.1) is 12.8 Å². The lowest BCUT2D eigenvalue weighted by molar-refractivity contribution is -0.117. The van der Waals surface area contributed by atoms with Gasteiger partial charge in [0.15, 0.2) is 10.1 Å². The van der Waals surface area contributed by atoms with Crippen LogP contribution in [0.5, 0.6) is 0 Å². The molecule has 2 amide bonds. The molecule has 2 N–H and O–H groups in total. The molecule has 1 fully saturated rings. The van der Waals surface area contributed by atoms with Crippen LogP contribution in [0.4, 0.5) is 11.4 Å². The number of hydrogen-bond donors (Lipinski definition) is 2. The fourth-order valence-corrected chi connectivity index (χ4v) is 5.19. The van der Waals surface area contributed by atoms with E-state index >= 15 is 0 Å². The van der Waals surface area contributed by atoms with Gasteiger partial charge in [-0.1, -0.05) is 47.4 Å². The summed E-state index contributed by atoms with van der Waals surface area (Å²) in [5.74, 6) is 0.604. The van der Waals surface area contributed by atoms with Crippen molar-refractivity contribution < 1.29 is 14.0 Å². The number of rotatable bonds is 7. The molecule has 32 heavy (non-hydrogen) atoms. The van der Waals surface area contributed by atoms with Crippen LogP contribution in [0.15, 0.2) is 57.3 Å². The normalized spacial score (nSPS) is 13.3. The minimum atomic E-state index is -0.337. The van der Waals surface area contributed by atoms with Gasteiger partial charge in [-0.25, -0.2) is 0 Å². The van der Waals surface area contributed by atoms with Crippen molar-refractivity contribution in [3.8, 4) is 0 Å². The first-order valence-electron chi connectivity index (χ1n) is 10.2. The maximum atomic E-state index is 13.1. The van der Waals surface area contributed by atoms with Crippen LogP contribution in [-0.4, -0.2) is 22.0 Å². The van der Waals surface area contributed by atoms with Gasteiger partial charge in [0.1, 0.15) is 10.6 Å². The summed E-state index contributed by atoms with van der Waals surface area (Å²) in [7, 11) is 0. The smallest absolute Gasteiger partial charge is 0.291 e. The molecule has 7 nitrogen and oxygen atoms in total. The number of anilines is 2. The number of para-hydroxylation sites is 1. The molecular weight excluding hydrogens is 444 g/mol. The van der Waals surface area contributed by atoms with Crippen LogP contribution in [0.1, 0.15) is 34.0 Å². The van der Waals surface area contributed by atoms with Crippen molar-refractivity contribution in [1.82, 2.24) is 10.2 Å². The number of carbonyl (C=O) groups excluding carboxylic acids is 2. The third-order valence-corrected chi connectivity index (χ3v) is 7.09. The molecule has 2 aromatic heterocycles. The summed E-state index contributed by atoms with van der Waals surface area (Å²) in [5, 5.41) is 15.8. The summed E-state index contributed by atoms with van der Waals surface area (Å²) in [6.07, 6.45) is 1.87. The fraction of sp³-hybridized carbons (Fsp3) is 0.217. The summed E-state index contributed by atoms with van der Waals surface area (Å²) in [5.41, 5.74) is 2.72. The molecule has 0 unspecified atom stereocenters. The van der Waals surface area contributed by atoms with E-state index in [4.69, 9.17) is 4.42 Å². The van der Waals surface area contributed by atoms with Crippen molar-refractivity contribution in [3.63, 3.8) is 0 Å². The highest BCUT2D eigenvalue weighted by Gasteiger charge is 2.29. The van der Waals surface area contributed by atoms with Gasteiger partial charge in [0, 0.05) is 34.0 Å². The zero-order chi connectivity index (χ0) is 22.1. The Morgan fingerprint density at radius 1 is 1.09 bits per heavy atom. The van der Waals surface area contributed by atoms with E-state index in [0.717, 1.165) is 33.1 Å². The van der Waals surface area contributed by atoms with Crippen LogP contribution in [0.25, 0.3) is 11.0 Å². The summed E-state index contributed by atoms with van der Waals surface area (Å²) in [4.78, 5) is 25.2. The Kier molecular flexibility index (Phi) is 5.67. The van der Waals surface area contributed by atoms with Crippen LogP contribution in [0.2, 0.25) is 0 Å². The molecule has 5 rings (SSSR count). The van der Waals surface area contributed by atoms with E-state index in [2.05, 4.69) is 20.8 Å². The fourth-order valence-electron chi connectivity index (χ4n) is 3.35. The lowest BCUT2D eigenvalue weighted by atomic mass is 10.1. The van der Waals surface area contributed by atoms with Gasteiger partial charge in [0.05, 0.1) is 0 Å². The van der Waals surface area contributed by atoms with E-state index in [9.17, 15) is 9.59 Å². The topological polar surface area (TPSA) is 97.1 Å². The minimum absolute atomic E-state index is 0.0250. The summed E-state index contributed by atoms with van der Waals surface area (Å²) >= 11 is 3.05. The Morgan fingerprint density at radius 3 is 2.62 bits per heavy atom. The number of amides is 2. The second kappa shape index (κ2) is 8.76. The number of fused-ring (bicyclic) bond motifs is 1. The van der Waals surface area contributed by atoms with Crippen molar-refractivity contribution in [3.05, 3.63) is 64.9 Å². The Balaban J connectivity index is 1.37. The van der Waals surface area contributed by atoms with Crippen LogP contribution < -0.4 is 10.6 Å². The molecule has 0 radical (unpaired) electrons. The molecule has 2 aromatic carbocycles. The minimum Gasteiger partial charge on any atom is -0.451 e. The summed E-state index contributed by atoms with van der Waals surface area (Å²) in [6, 6.07) is 14.7. The first-order chi connectivity index (χ1) is 15.6. The standard InChI is InChI=1S/C23H20N4O3S2/c1-13-26-27-23(32-13)31-12-18-17-7-2-3-8-19(17)30-20(18)22(29)25-16-6-4-5-15(11-16)24-21(28)14-9-10-14/h2-8,11,14H,9-10,12H2,1H3,(H,24,28)(H,25,29). The predicted molar refractivity (Wildman–Crippen MR) is 126 cm³/mol. The Labute approximate surface area is 192 Å². The van der Waals surface area contributed by atoms with Crippen molar-refractivity contribution in [2.75, 3.05) is 10.6 Å². The molecule has 0 bridgehead atoms. The van der Waals surface area contributed by atoms with E-state index in [-0.39, 0.29) is 23.5 Å². The largest absolute Gasteiger partial charge is 0.451 e. The van der Waals surface area contributed by atoms with E-state index in [1.165, 1.54) is 23.1 Å². The summed E-state index contributed by atoms with van der Waals surface area (Å²) in [6.45, 7) is 1.91. The van der Waals surface area contributed by atoms with Gasteiger partial charge in [-0.2, -0.15) is 0 Å². The van der Waals surface area contributed by atoms with Crippen LogP contribution in [0.3, 0.4) is 0 Å². The predicted octanol–water partition coefficient (Wildman–Crippen LogP) is 5.49. The second-order valence-electron chi connectivity index (χ2n) is 7.58. The van der Waals surface area contributed by atoms with Gasteiger partial charge < -0.3 is 15.1 Å². The molecule has 1 aliphatic rings. The highest BCUT2D eigenvalue weighted by Crippen LogP contribution is 2.34. The Hall–Kier alpha value is -3.17. The van der Waals surface area contributed by atoms with E-state index < -0.39 is 0 Å². The van der Waals surface area contributed by atoms with Gasteiger partial charge >= 0.3 is 0 Å². The number of aryl methyl sites for hydroxylation is 1. The average Bonchev–Trinajstić information content (AvgIpc) is 3.46. The number of hydrogen-bond acceptors (Lipinski definition) is 7. The van der Waals surface area contributed by atoms with Gasteiger partial charge in [-0.05, 0) is 44.0 Å². The molecule has 2 heterocycles. The van der Waals surface area contributed by atoms with E-state index in [1.807, 2.05) is 37.3 Å². The lowest BCUT2D eigenvalue weighted by Gasteiger charge is -2.08. The second-order valence-corrected chi connectivity index (χ2v) is 9.98. The molecule has 1 saturated carbocycles. The molecule has 162 valence electrons. The van der Waals surface area contributed by atoms with Crippen molar-refractivity contribution in [2.24, 2.45) is 5.92 Å². The summed E-state index contributed by atoms with van der Waals surface area (Å²) < 4.78 is 6.78. The molecule has 0 saturated heterocycles. The quantitative estimate of drug-likeness (QED) is 0.351. The van der Waals surface area contributed by atoms with Gasteiger partial charge in [-0.3, -0.25) is 9.59 Å². The molecule has 0 spiro atoms. The van der Waals surface area contributed by atoms with Crippen molar-refractivity contribution in [2.45, 2.75) is 29.9 Å². The van der Waals surface area contributed by atoms with Crippen LogP contribution >= 0.6 is 23.1 Å². The molecule has 0 atom stereocenters. The highest BCUT2D eigenvalue weighted by atomic mass is 32.2. The van der Waals surface area contributed by atoms with Gasteiger partial charge in [0.25, 0.3) is 5.91 Å². The van der Waals surface area contributed by atoms with Gasteiger partial charge in [0.2, 0.25) is 5.91 Å². The number of benzene rings is 2. The highest BCUT2D eigenvalue weighted by molar-refractivity contribution is 8.00. The number of aromatic nitrogens is 2. The van der Waals surface area contributed by atoms with Crippen LogP contribution in [-0.2, 0) is 10.5 Å². The Morgan fingerprint density at radius 2 is 1.88 bits per heavy atom. The number of thioether (sulfide) groups is 1. The first-order valence-corrected chi connectivity index (χ1v) is 12.0. The average molecular weight is 465 g/mol. The maximum absolute atomic E-state index is 13.1. The molecule has 9 heteroatoms. The first kappa shape index (κ1) is 20.7. The monoisotopic (exact) mass is 464 g/mol. The lowest BCUT2D eigenvalue weighted by Crippen LogP contribution is -2.15. The molecule has 1 aliphatic carbocycles. The number of nitrogens with one attached hydrogen (secondary N) is 2. The molecular formula is C23H20N4O3S2. The number of furan rings is 1. The number of nitrogens with zero attached hydrogens (tertiary/aromatic N) is 2. The zero-order valence-corrected chi connectivity index (χ0v) is 18.9. The molecule has 4 aromatic rings. The third-order valence-electron chi connectivity index (χ3n) is 5.09.